The number of nitrogens with one attached hydrogen (secondary N) is 3. The molecule has 1 aromatic rings. The number of ether oxygens (including phenoxy) is 1. The summed E-state index contributed by atoms with van der Waals surface area (Å²) >= 11 is 0. The van der Waals surface area contributed by atoms with Crippen LogP contribution in [-0.4, -0.2) is 43.2 Å². The molecular formula is C13H17N3O5. The van der Waals surface area contributed by atoms with Gasteiger partial charge in [-0.3, -0.25) is 9.59 Å². The van der Waals surface area contributed by atoms with E-state index in [2.05, 4.69) is 16.0 Å². The van der Waals surface area contributed by atoms with Crippen molar-refractivity contribution in [3.63, 3.8) is 0 Å². The van der Waals surface area contributed by atoms with Gasteiger partial charge in [0.2, 0.25) is 5.91 Å². The summed E-state index contributed by atoms with van der Waals surface area (Å²) in [5.41, 5.74) is 1.46. The van der Waals surface area contributed by atoms with Gasteiger partial charge in [-0.05, 0) is 17.7 Å². The fourth-order valence-electron chi connectivity index (χ4n) is 1.48. The lowest BCUT2D eigenvalue weighted by Gasteiger charge is -2.08. The Morgan fingerprint density at radius 2 is 1.95 bits per heavy atom. The van der Waals surface area contributed by atoms with E-state index in [9.17, 15) is 14.4 Å². The van der Waals surface area contributed by atoms with Gasteiger partial charge in [0.1, 0.15) is 6.54 Å². The van der Waals surface area contributed by atoms with Crippen LogP contribution in [-0.2, 0) is 20.9 Å². The number of benzene rings is 1. The maximum absolute atomic E-state index is 11.6. The van der Waals surface area contributed by atoms with Crippen LogP contribution in [0.2, 0.25) is 0 Å². The first-order chi connectivity index (χ1) is 10.0. The maximum Gasteiger partial charge on any atom is 0.322 e. The molecule has 0 bridgehead atoms. The highest BCUT2D eigenvalue weighted by molar-refractivity contribution is 5.92. The van der Waals surface area contributed by atoms with Gasteiger partial charge in [0.25, 0.3) is 0 Å². The molecule has 3 amide bonds. The van der Waals surface area contributed by atoms with Gasteiger partial charge in [0, 0.05) is 12.8 Å². The zero-order valence-corrected chi connectivity index (χ0v) is 11.5. The van der Waals surface area contributed by atoms with Gasteiger partial charge < -0.3 is 25.8 Å². The predicted octanol–water partition coefficient (Wildman–Crippen LogP) is 0.155. The monoisotopic (exact) mass is 295 g/mol. The Morgan fingerprint density at radius 3 is 2.62 bits per heavy atom. The van der Waals surface area contributed by atoms with Crippen molar-refractivity contribution < 1.29 is 24.2 Å². The molecule has 0 heterocycles. The van der Waals surface area contributed by atoms with Gasteiger partial charge >= 0.3 is 12.0 Å². The van der Waals surface area contributed by atoms with Crippen LogP contribution >= 0.6 is 0 Å². The number of hydrogen-bond donors (Lipinski definition) is 4. The van der Waals surface area contributed by atoms with Crippen LogP contribution in [0.25, 0.3) is 0 Å². The summed E-state index contributed by atoms with van der Waals surface area (Å²) in [4.78, 5) is 33.0. The standard InChI is InChI=1S/C13H17N3O5/c1-21-8-9-3-2-4-10(5-9)16-13(20)15-6-11(17)14-7-12(18)19/h2-5H,6-8H2,1H3,(H,14,17)(H,18,19)(H2,15,16,20). The number of carbonyl (C=O) groups excluding carboxylic acids is 2. The molecule has 0 aliphatic carbocycles. The fraction of sp³-hybridized carbons (Fsp3) is 0.308. The Kier molecular flexibility index (Phi) is 6.69. The minimum atomic E-state index is -1.15. The highest BCUT2D eigenvalue weighted by Crippen LogP contribution is 2.11. The summed E-state index contributed by atoms with van der Waals surface area (Å²) in [6.45, 7) is -0.368. The third kappa shape index (κ3) is 6.92. The Hall–Kier alpha value is -2.61. The van der Waals surface area contributed by atoms with Crippen molar-refractivity contribution in [1.82, 2.24) is 10.6 Å². The van der Waals surface area contributed by atoms with Crippen molar-refractivity contribution in [3.8, 4) is 0 Å². The molecule has 8 nitrogen and oxygen atoms in total. The molecule has 0 atom stereocenters. The van der Waals surface area contributed by atoms with E-state index < -0.39 is 24.5 Å². The van der Waals surface area contributed by atoms with E-state index in [0.29, 0.717) is 12.3 Å². The average Bonchev–Trinajstić information content (AvgIpc) is 2.43. The largest absolute Gasteiger partial charge is 0.480 e. The number of methoxy groups -OCH3 is 1. The molecule has 0 spiro atoms. The van der Waals surface area contributed by atoms with Crippen LogP contribution in [0.15, 0.2) is 24.3 Å². The van der Waals surface area contributed by atoms with E-state index in [-0.39, 0.29) is 6.54 Å². The number of carboxylic acids is 1. The summed E-state index contributed by atoms with van der Waals surface area (Å²) in [5, 5.41) is 15.4. The minimum Gasteiger partial charge on any atom is -0.480 e. The van der Waals surface area contributed by atoms with Gasteiger partial charge in [-0.25, -0.2) is 4.79 Å². The highest BCUT2D eigenvalue weighted by Gasteiger charge is 2.07. The molecule has 21 heavy (non-hydrogen) atoms. The molecule has 4 N–H and O–H groups in total. The Bertz CT molecular complexity index is 518. The highest BCUT2D eigenvalue weighted by atomic mass is 16.5. The van der Waals surface area contributed by atoms with Crippen molar-refractivity contribution in [3.05, 3.63) is 29.8 Å². The second-order valence-electron chi connectivity index (χ2n) is 4.11. The molecule has 1 aromatic carbocycles. The fourth-order valence-corrected chi connectivity index (χ4v) is 1.48. The van der Waals surface area contributed by atoms with Gasteiger partial charge in [0.05, 0.1) is 13.2 Å². The number of hydrogen-bond acceptors (Lipinski definition) is 4. The predicted molar refractivity (Wildman–Crippen MR) is 74.8 cm³/mol. The minimum absolute atomic E-state index is 0.309. The lowest BCUT2D eigenvalue weighted by molar-refractivity contribution is -0.137. The number of carboxylic acid groups (broad SMARTS) is 1. The van der Waals surface area contributed by atoms with Crippen molar-refractivity contribution in [1.29, 1.82) is 0 Å². The average molecular weight is 295 g/mol. The van der Waals surface area contributed by atoms with Crippen LogP contribution in [0.3, 0.4) is 0 Å². The molecule has 0 aliphatic rings. The molecule has 0 unspecified atom stereocenters. The van der Waals surface area contributed by atoms with Crippen LogP contribution in [0.5, 0.6) is 0 Å². The van der Waals surface area contributed by atoms with Crippen molar-refractivity contribution in [2.24, 2.45) is 0 Å². The molecule has 114 valence electrons. The van der Waals surface area contributed by atoms with Crippen molar-refractivity contribution in [2.45, 2.75) is 6.61 Å². The Morgan fingerprint density at radius 1 is 1.19 bits per heavy atom. The molecule has 0 saturated carbocycles. The van der Waals surface area contributed by atoms with E-state index in [4.69, 9.17) is 9.84 Å². The van der Waals surface area contributed by atoms with Crippen LogP contribution in [0.1, 0.15) is 5.56 Å². The Labute approximate surface area is 121 Å². The van der Waals surface area contributed by atoms with E-state index in [1.807, 2.05) is 6.07 Å². The second-order valence-corrected chi connectivity index (χ2v) is 4.11. The summed E-state index contributed by atoms with van der Waals surface area (Å²) in [7, 11) is 1.57. The lowest BCUT2D eigenvalue weighted by Crippen LogP contribution is -2.40. The quantitative estimate of drug-likeness (QED) is 0.571. The third-order valence-electron chi connectivity index (χ3n) is 2.34. The number of carbonyl (C=O) groups is 3. The third-order valence-corrected chi connectivity index (χ3v) is 2.34. The number of aliphatic carboxylic acids is 1. The number of amides is 3. The van der Waals surface area contributed by atoms with Crippen LogP contribution < -0.4 is 16.0 Å². The normalized spacial score (nSPS) is 9.76. The molecule has 8 heteroatoms. The summed E-state index contributed by atoms with van der Waals surface area (Å²) in [5.74, 6) is -1.73. The molecule has 1 rings (SSSR count). The smallest absolute Gasteiger partial charge is 0.322 e. The maximum atomic E-state index is 11.6. The molecule has 0 saturated heterocycles. The van der Waals surface area contributed by atoms with Gasteiger partial charge in [-0.1, -0.05) is 12.1 Å². The lowest BCUT2D eigenvalue weighted by atomic mass is 10.2. The summed E-state index contributed by atoms with van der Waals surface area (Å²) in [6.07, 6.45) is 0. The molecular weight excluding hydrogens is 278 g/mol. The van der Waals surface area contributed by atoms with Gasteiger partial charge in [-0.2, -0.15) is 0 Å². The van der Waals surface area contributed by atoms with Crippen LogP contribution in [0, 0.1) is 0 Å². The topological polar surface area (TPSA) is 117 Å². The first kappa shape index (κ1) is 16.4. The van der Waals surface area contributed by atoms with E-state index in [1.54, 1.807) is 25.3 Å². The first-order valence-corrected chi connectivity index (χ1v) is 6.12. The van der Waals surface area contributed by atoms with Crippen LogP contribution in [0.4, 0.5) is 10.5 Å². The Balaban J connectivity index is 2.38. The van der Waals surface area contributed by atoms with Gasteiger partial charge in [-0.15, -0.1) is 0 Å². The molecule has 0 aromatic heterocycles. The summed E-state index contributed by atoms with van der Waals surface area (Å²) in [6, 6.07) is 6.50. The second kappa shape index (κ2) is 8.54. The van der Waals surface area contributed by atoms with Crippen molar-refractivity contribution >= 4 is 23.6 Å². The van der Waals surface area contributed by atoms with E-state index in [1.165, 1.54) is 0 Å². The first-order valence-electron chi connectivity index (χ1n) is 6.12. The molecule has 0 aliphatic heterocycles. The number of rotatable bonds is 7. The van der Waals surface area contributed by atoms with E-state index in [0.717, 1.165) is 5.56 Å². The zero-order chi connectivity index (χ0) is 15.7. The van der Waals surface area contributed by atoms with Crippen molar-refractivity contribution in [2.75, 3.05) is 25.5 Å². The SMILES string of the molecule is COCc1cccc(NC(=O)NCC(=O)NCC(=O)O)c1. The summed E-state index contributed by atoms with van der Waals surface area (Å²) < 4.78 is 4.98. The van der Waals surface area contributed by atoms with E-state index >= 15 is 0 Å². The zero-order valence-electron chi connectivity index (χ0n) is 11.5. The van der Waals surface area contributed by atoms with Gasteiger partial charge in [0.15, 0.2) is 0 Å². The number of urea groups is 1. The molecule has 0 radical (unpaired) electrons. The molecule has 0 fully saturated rings. The number of anilines is 1.